The van der Waals surface area contributed by atoms with Crippen molar-refractivity contribution in [1.82, 2.24) is 4.90 Å². The fourth-order valence-electron chi connectivity index (χ4n) is 10.1. The topological polar surface area (TPSA) is 195 Å². The predicted molar refractivity (Wildman–Crippen MR) is 245 cm³/mol. The highest BCUT2D eigenvalue weighted by molar-refractivity contribution is 6.39. The molecule has 14 nitrogen and oxygen atoms in total. The first-order valence-electron chi connectivity index (χ1n) is 23.9. The largest absolute Gasteiger partial charge is 0.460 e. The zero-order chi connectivity index (χ0) is 48.2. The lowest BCUT2D eigenvalue weighted by atomic mass is 9.78. The Morgan fingerprint density at radius 1 is 0.846 bits per heavy atom. The van der Waals surface area contributed by atoms with Crippen LogP contribution in [-0.2, 0) is 47.7 Å². The number of rotatable bonds is 6. The molecule has 15 atom stereocenters. The first kappa shape index (κ1) is 54.2. The molecule has 0 radical (unpaired) electrons. The number of allylic oxidation sites excluding steroid dienone is 6. The zero-order valence-electron chi connectivity index (χ0n) is 40.6. The number of carbonyl (C=O) groups is 5. The van der Waals surface area contributed by atoms with Crippen molar-refractivity contribution >= 4 is 29.2 Å². The SMILES string of the molecule is CO[C@H]1C[C@@H]2CC[C@@H](C)[C@@](O)(O2)C(=O)C(=O)N2CCCC[C@H]2C(=O)O[C@H](C(C)C[C@@H]2CC[C@@H](O)[C@H](OC)C2)CC(=O)[C@H](C)/C=C(\C)[C@@H](O)[C@@H](OC)C(=O)[C@H](C)C[C@H](C)\C=C/C=C/C=C/1C. The molecule has 0 aromatic heterocycles. The van der Waals surface area contributed by atoms with E-state index in [9.17, 15) is 39.3 Å². The average molecular weight is 914 g/mol. The number of aliphatic hydroxyl groups is 3. The van der Waals surface area contributed by atoms with Crippen molar-refractivity contribution in [2.75, 3.05) is 27.9 Å². The number of aliphatic hydroxyl groups excluding tert-OH is 2. The minimum absolute atomic E-state index is 0.0193. The number of carbonyl (C=O) groups excluding carboxylic acids is 5. The minimum Gasteiger partial charge on any atom is -0.460 e. The second-order valence-electron chi connectivity index (χ2n) is 19.6. The average Bonchev–Trinajstić information content (AvgIpc) is 3.28. The van der Waals surface area contributed by atoms with Gasteiger partial charge in [-0.1, -0.05) is 71.1 Å². The van der Waals surface area contributed by atoms with E-state index in [1.807, 2.05) is 58.1 Å². The number of hydrogen-bond donors (Lipinski definition) is 3. The van der Waals surface area contributed by atoms with Crippen LogP contribution in [0.1, 0.15) is 126 Å². The van der Waals surface area contributed by atoms with E-state index in [4.69, 9.17) is 23.7 Å². The first-order chi connectivity index (χ1) is 30.7. The number of ether oxygens (including phenoxy) is 5. The van der Waals surface area contributed by atoms with Gasteiger partial charge in [0.05, 0.1) is 24.4 Å². The van der Waals surface area contributed by atoms with Gasteiger partial charge in [0.15, 0.2) is 5.78 Å². The van der Waals surface area contributed by atoms with Gasteiger partial charge in [-0.15, -0.1) is 0 Å². The van der Waals surface area contributed by atoms with Crippen molar-refractivity contribution in [3.8, 4) is 0 Å². The smallest absolute Gasteiger partial charge is 0.329 e. The normalized spacial score (nSPS) is 40.4. The van der Waals surface area contributed by atoms with E-state index in [2.05, 4.69) is 0 Å². The van der Waals surface area contributed by atoms with Crippen molar-refractivity contribution in [2.45, 2.75) is 180 Å². The maximum atomic E-state index is 14.4. The molecule has 2 bridgehead atoms. The number of Topliss-reactive ketones (excluding diaryl/α,β-unsaturated/α-hetero) is 3. The molecule has 0 spiro atoms. The van der Waals surface area contributed by atoms with Crippen LogP contribution in [0.25, 0.3) is 0 Å². The van der Waals surface area contributed by atoms with Crippen molar-refractivity contribution in [1.29, 1.82) is 0 Å². The van der Waals surface area contributed by atoms with E-state index in [0.717, 1.165) is 12.0 Å². The predicted octanol–water partition coefficient (Wildman–Crippen LogP) is 6.18. The second kappa shape index (κ2) is 25.1. The highest BCUT2D eigenvalue weighted by Crippen LogP contribution is 2.38. The van der Waals surface area contributed by atoms with Crippen LogP contribution in [0.3, 0.4) is 0 Å². The number of hydrogen-bond acceptors (Lipinski definition) is 13. The van der Waals surface area contributed by atoms with E-state index >= 15 is 0 Å². The molecule has 3 N–H and O–H groups in total. The summed E-state index contributed by atoms with van der Waals surface area (Å²) in [4.78, 5) is 71.8. The molecule has 14 heteroatoms. The van der Waals surface area contributed by atoms with Gasteiger partial charge in [-0.25, -0.2) is 4.79 Å². The summed E-state index contributed by atoms with van der Waals surface area (Å²) in [5.74, 6) is -7.96. The molecule has 4 rings (SSSR count). The lowest BCUT2D eigenvalue weighted by molar-refractivity contribution is -0.265. The fourth-order valence-corrected chi connectivity index (χ4v) is 10.1. The van der Waals surface area contributed by atoms with E-state index in [-0.39, 0.29) is 54.8 Å². The number of piperidine rings is 1. The van der Waals surface area contributed by atoms with E-state index in [0.29, 0.717) is 63.4 Å². The summed E-state index contributed by atoms with van der Waals surface area (Å²) < 4.78 is 29.4. The minimum atomic E-state index is -2.43. The van der Waals surface area contributed by atoms with Gasteiger partial charge in [-0.3, -0.25) is 19.2 Å². The van der Waals surface area contributed by atoms with E-state index in [1.165, 1.54) is 12.0 Å². The molecule has 4 aliphatic rings. The van der Waals surface area contributed by atoms with Gasteiger partial charge < -0.3 is 43.9 Å². The van der Waals surface area contributed by atoms with Crippen LogP contribution < -0.4 is 0 Å². The lowest BCUT2D eigenvalue weighted by Crippen LogP contribution is -2.61. The zero-order valence-corrected chi connectivity index (χ0v) is 40.6. The van der Waals surface area contributed by atoms with Gasteiger partial charge in [0.25, 0.3) is 11.7 Å². The van der Waals surface area contributed by atoms with Crippen LogP contribution in [0.4, 0.5) is 0 Å². The number of methoxy groups -OCH3 is 3. The van der Waals surface area contributed by atoms with Gasteiger partial charge in [0.2, 0.25) is 5.79 Å². The Hall–Kier alpha value is -3.37. The number of nitrogens with zero attached hydrogens (tertiary/aromatic N) is 1. The van der Waals surface area contributed by atoms with Crippen molar-refractivity contribution in [2.24, 2.45) is 35.5 Å². The first-order valence-corrected chi connectivity index (χ1v) is 23.9. The molecule has 2 saturated heterocycles. The molecule has 3 heterocycles. The lowest BCUT2D eigenvalue weighted by Gasteiger charge is -2.42. The van der Waals surface area contributed by atoms with Gasteiger partial charge in [-0.2, -0.15) is 0 Å². The quantitative estimate of drug-likeness (QED) is 0.156. The number of amides is 1. The number of esters is 1. The van der Waals surface area contributed by atoms with Gasteiger partial charge >= 0.3 is 5.97 Å². The van der Waals surface area contributed by atoms with Crippen LogP contribution in [0, 0.1) is 35.5 Å². The summed E-state index contributed by atoms with van der Waals surface area (Å²) in [6.45, 7) is 12.7. The summed E-state index contributed by atoms with van der Waals surface area (Å²) in [5.41, 5.74) is 1.27. The molecule has 1 saturated carbocycles. The fraction of sp³-hybridized carbons (Fsp3) is 0.745. The highest BCUT2D eigenvalue weighted by Gasteiger charge is 2.53. The summed E-state index contributed by atoms with van der Waals surface area (Å²) in [6, 6.07) is -1.14. The maximum absolute atomic E-state index is 14.4. The second-order valence-corrected chi connectivity index (χ2v) is 19.6. The van der Waals surface area contributed by atoms with Crippen LogP contribution in [0.2, 0.25) is 0 Å². The molecule has 1 unspecified atom stereocenters. The summed E-state index contributed by atoms with van der Waals surface area (Å²) >= 11 is 0. The Morgan fingerprint density at radius 3 is 2.25 bits per heavy atom. The van der Waals surface area contributed by atoms with Gasteiger partial charge in [-0.05, 0) is 107 Å². The Balaban J connectivity index is 1.70. The number of cyclic esters (lactones) is 1. The highest BCUT2D eigenvalue weighted by atomic mass is 16.6. The maximum Gasteiger partial charge on any atom is 0.329 e. The van der Waals surface area contributed by atoms with Gasteiger partial charge in [0.1, 0.15) is 30.1 Å². The van der Waals surface area contributed by atoms with E-state index < -0.39 is 83.9 Å². The van der Waals surface area contributed by atoms with Crippen molar-refractivity contribution in [3.63, 3.8) is 0 Å². The van der Waals surface area contributed by atoms with E-state index in [1.54, 1.807) is 41.1 Å². The molecule has 366 valence electrons. The molecule has 0 aromatic rings. The molecular weight excluding hydrogens is 835 g/mol. The Bertz CT molecular complexity index is 1760. The number of ketones is 3. The molecular formula is C51H79NO13. The molecule has 65 heavy (non-hydrogen) atoms. The molecule has 1 aliphatic carbocycles. The number of fused-ring (bicyclic) bond motifs is 3. The van der Waals surface area contributed by atoms with Gasteiger partial charge in [0, 0.05) is 58.5 Å². The Labute approximate surface area is 387 Å². The molecule has 0 aromatic carbocycles. The van der Waals surface area contributed by atoms with Crippen LogP contribution in [-0.4, -0.2) is 132 Å². The van der Waals surface area contributed by atoms with Crippen LogP contribution in [0.5, 0.6) is 0 Å². The molecule has 3 aliphatic heterocycles. The third kappa shape index (κ3) is 14.3. The Morgan fingerprint density at radius 2 is 1.57 bits per heavy atom. The molecule has 3 fully saturated rings. The van der Waals surface area contributed by atoms with Crippen LogP contribution in [0.15, 0.2) is 47.6 Å². The monoisotopic (exact) mass is 914 g/mol. The Kier molecular flexibility index (Phi) is 21.0. The van der Waals surface area contributed by atoms with Crippen LogP contribution >= 0.6 is 0 Å². The van der Waals surface area contributed by atoms with Crippen molar-refractivity contribution < 1.29 is 63.0 Å². The van der Waals surface area contributed by atoms with Crippen molar-refractivity contribution in [3.05, 3.63) is 47.6 Å². The summed E-state index contributed by atoms with van der Waals surface area (Å²) in [5, 5.41) is 33.8. The standard InChI is InChI=1S/C51H79NO13/c1-30-16-12-11-13-17-31(2)42(61-8)28-38-21-19-36(7)51(60,65-38)48(57)49(58)52-23-15-14-18-39(52)50(59)64-43(33(4)26-37-20-22-40(53)44(27-37)62-9)29-41(54)32(3)25-35(6)46(56)47(63-10)45(55)34(5)24-30/h11-13,16-17,25,30,32-34,36-40,42-44,46-47,53,56,60H,14-15,18-24,26-29H2,1-10H3/b13-11+,16-12-,31-17+,35-25+/t30-,32-,33?,34-,36-,37+,38+,39+,40-,42+,43+,44-,46-,47+,51-/m1/s1. The third-order valence-corrected chi connectivity index (χ3v) is 14.5. The third-order valence-electron chi connectivity index (χ3n) is 14.5. The molecule has 1 amide bonds. The summed E-state index contributed by atoms with van der Waals surface area (Å²) in [6.07, 6.45) is 11.2. The summed E-state index contributed by atoms with van der Waals surface area (Å²) in [7, 11) is 4.52.